The van der Waals surface area contributed by atoms with Crippen LogP contribution in [0.5, 0.6) is 0 Å². The topological polar surface area (TPSA) is 40.9 Å². The summed E-state index contributed by atoms with van der Waals surface area (Å²) in [4.78, 5) is 11.4. The van der Waals surface area contributed by atoms with Crippen molar-refractivity contribution < 1.29 is 4.79 Å². The fraction of sp³-hybridized carbons (Fsp3) is 0.600. The van der Waals surface area contributed by atoms with Gasteiger partial charge in [0, 0.05) is 12.3 Å². The summed E-state index contributed by atoms with van der Waals surface area (Å²) in [6.45, 7) is 0. The van der Waals surface area contributed by atoms with Crippen molar-refractivity contribution in [2.24, 2.45) is 11.8 Å². The molecule has 0 aromatic rings. The first-order valence-electron chi connectivity index (χ1n) is 4.46. The Morgan fingerprint density at radius 2 is 2.42 bits per heavy atom. The summed E-state index contributed by atoms with van der Waals surface area (Å²) in [6, 6.07) is 2.28. The molecule has 1 fully saturated rings. The van der Waals surface area contributed by atoms with Gasteiger partial charge in [0.1, 0.15) is 0 Å². The molecule has 0 aromatic heterocycles. The predicted octanol–water partition coefficient (Wildman–Crippen LogP) is 1.83. The molecule has 0 aromatic carbocycles. The van der Waals surface area contributed by atoms with E-state index in [1.807, 2.05) is 6.08 Å². The van der Waals surface area contributed by atoms with Gasteiger partial charge in [-0.15, -0.1) is 0 Å². The van der Waals surface area contributed by atoms with E-state index >= 15 is 0 Å². The minimum absolute atomic E-state index is 0.0873. The van der Waals surface area contributed by atoms with E-state index < -0.39 is 0 Å². The van der Waals surface area contributed by atoms with Gasteiger partial charge in [0.05, 0.1) is 12.0 Å². The lowest BCUT2D eigenvalue weighted by molar-refractivity contribution is -0.117. The van der Waals surface area contributed by atoms with E-state index in [1.54, 1.807) is 0 Å². The van der Waals surface area contributed by atoms with Gasteiger partial charge in [-0.05, 0) is 24.8 Å². The Morgan fingerprint density at radius 1 is 1.58 bits per heavy atom. The highest BCUT2D eigenvalue weighted by atomic mass is 16.1. The highest BCUT2D eigenvalue weighted by Crippen LogP contribution is 2.39. The fourth-order valence-electron chi connectivity index (χ4n) is 2.23. The minimum atomic E-state index is 0.0873. The number of hydrogen-bond acceptors (Lipinski definition) is 2. The smallest absolute Gasteiger partial charge is 0.158 e. The van der Waals surface area contributed by atoms with Gasteiger partial charge in [-0.2, -0.15) is 5.26 Å². The highest BCUT2D eigenvalue weighted by molar-refractivity contribution is 5.97. The lowest BCUT2D eigenvalue weighted by Crippen LogP contribution is -2.20. The van der Waals surface area contributed by atoms with Crippen LogP contribution in [0.15, 0.2) is 11.6 Å². The standard InChI is InChI=1S/C10H11NO/c11-6-7-4-5-9-8(7)2-1-3-10(9)12/h5,7-8H,1-4H2/t7-,8?/m0/s1. The summed E-state index contributed by atoms with van der Waals surface area (Å²) in [6.07, 6.45) is 5.47. The zero-order chi connectivity index (χ0) is 8.55. The first kappa shape index (κ1) is 7.54. The fourth-order valence-corrected chi connectivity index (χ4v) is 2.23. The molecule has 62 valence electrons. The number of Topliss-reactive ketones (excluding diaryl/α,β-unsaturated/α-hetero) is 1. The Balaban J connectivity index is 2.23. The van der Waals surface area contributed by atoms with E-state index in [9.17, 15) is 4.79 Å². The van der Waals surface area contributed by atoms with E-state index in [4.69, 9.17) is 5.26 Å². The van der Waals surface area contributed by atoms with Crippen LogP contribution in [-0.4, -0.2) is 5.78 Å². The Labute approximate surface area is 71.9 Å². The Morgan fingerprint density at radius 3 is 3.17 bits per heavy atom. The zero-order valence-corrected chi connectivity index (χ0v) is 6.92. The van der Waals surface area contributed by atoms with Crippen LogP contribution in [0.25, 0.3) is 0 Å². The van der Waals surface area contributed by atoms with Crippen molar-refractivity contribution in [2.75, 3.05) is 0 Å². The molecule has 2 heteroatoms. The van der Waals surface area contributed by atoms with Crippen molar-refractivity contribution in [3.8, 4) is 6.07 Å². The molecule has 1 saturated carbocycles. The monoisotopic (exact) mass is 161 g/mol. The molecule has 0 N–H and O–H groups in total. The number of nitrogens with zero attached hydrogens (tertiary/aromatic N) is 1. The molecule has 2 aliphatic carbocycles. The largest absolute Gasteiger partial charge is 0.295 e. The summed E-state index contributed by atoms with van der Waals surface area (Å²) in [7, 11) is 0. The molecule has 2 atom stereocenters. The van der Waals surface area contributed by atoms with Crippen LogP contribution in [0.3, 0.4) is 0 Å². The van der Waals surface area contributed by atoms with E-state index in [-0.39, 0.29) is 17.6 Å². The second kappa shape index (κ2) is 2.75. The molecular formula is C10H11NO. The van der Waals surface area contributed by atoms with Crippen LogP contribution in [0.1, 0.15) is 25.7 Å². The molecule has 0 spiro atoms. The van der Waals surface area contributed by atoms with Gasteiger partial charge in [-0.25, -0.2) is 0 Å². The van der Waals surface area contributed by atoms with Crippen LogP contribution in [0.2, 0.25) is 0 Å². The van der Waals surface area contributed by atoms with Gasteiger partial charge in [0.2, 0.25) is 0 Å². The quantitative estimate of drug-likeness (QED) is 0.543. The van der Waals surface area contributed by atoms with Gasteiger partial charge < -0.3 is 0 Å². The molecule has 0 aliphatic heterocycles. The first-order valence-corrected chi connectivity index (χ1v) is 4.46. The molecule has 12 heavy (non-hydrogen) atoms. The molecule has 0 saturated heterocycles. The molecule has 0 heterocycles. The maximum absolute atomic E-state index is 11.4. The summed E-state index contributed by atoms with van der Waals surface area (Å²) >= 11 is 0. The second-order valence-corrected chi connectivity index (χ2v) is 3.55. The number of nitriles is 1. The van der Waals surface area contributed by atoms with E-state index in [1.165, 1.54) is 0 Å². The molecule has 0 radical (unpaired) electrons. The molecule has 2 aliphatic rings. The summed E-state index contributed by atoms with van der Waals surface area (Å²) in [5.74, 6) is 0.643. The summed E-state index contributed by atoms with van der Waals surface area (Å²) in [5, 5.41) is 8.80. The van der Waals surface area contributed by atoms with Gasteiger partial charge in [0.25, 0.3) is 0 Å². The number of allylic oxidation sites excluding steroid dienone is 2. The Bertz CT molecular complexity index is 285. The Kier molecular flexibility index (Phi) is 1.73. The Hall–Kier alpha value is -1.10. The number of hydrogen-bond donors (Lipinski definition) is 0. The number of carbonyl (C=O) groups is 1. The predicted molar refractivity (Wildman–Crippen MR) is 44.2 cm³/mol. The SMILES string of the molecule is N#C[C@@H]1CC=C2C(=O)CCCC21. The first-order chi connectivity index (χ1) is 5.83. The normalized spacial score (nSPS) is 33.9. The lowest BCUT2D eigenvalue weighted by Gasteiger charge is -2.21. The van der Waals surface area contributed by atoms with Crippen molar-refractivity contribution in [1.29, 1.82) is 5.26 Å². The van der Waals surface area contributed by atoms with E-state index in [0.717, 1.165) is 24.8 Å². The van der Waals surface area contributed by atoms with Crippen LogP contribution >= 0.6 is 0 Å². The maximum atomic E-state index is 11.4. The third kappa shape index (κ3) is 0.972. The van der Waals surface area contributed by atoms with Gasteiger partial charge in [-0.1, -0.05) is 6.08 Å². The maximum Gasteiger partial charge on any atom is 0.158 e. The average molecular weight is 161 g/mol. The van der Waals surface area contributed by atoms with Crippen molar-refractivity contribution >= 4 is 5.78 Å². The third-order valence-corrected chi connectivity index (χ3v) is 2.88. The number of ketones is 1. The van der Waals surface area contributed by atoms with Crippen LogP contribution in [-0.2, 0) is 4.79 Å². The lowest BCUT2D eigenvalue weighted by atomic mass is 9.80. The van der Waals surface area contributed by atoms with Gasteiger partial charge in [0.15, 0.2) is 5.78 Å². The van der Waals surface area contributed by atoms with Crippen molar-refractivity contribution in [2.45, 2.75) is 25.7 Å². The molecule has 2 nitrogen and oxygen atoms in total. The van der Waals surface area contributed by atoms with Gasteiger partial charge >= 0.3 is 0 Å². The molecule has 1 unspecified atom stereocenters. The summed E-state index contributed by atoms with van der Waals surface area (Å²) < 4.78 is 0. The zero-order valence-electron chi connectivity index (χ0n) is 6.92. The molecule has 2 rings (SSSR count). The third-order valence-electron chi connectivity index (χ3n) is 2.88. The second-order valence-electron chi connectivity index (χ2n) is 3.55. The number of fused-ring (bicyclic) bond motifs is 1. The van der Waals surface area contributed by atoms with Crippen LogP contribution < -0.4 is 0 Å². The average Bonchev–Trinajstić information content (AvgIpc) is 2.49. The van der Waals surface area contributed by atoms with Crippen molar-refractivity contribution in [3.63, 3.8) is 0 Å². The van der Waals surface area contributed by atoms with Crippen LogP contribution in [0.4, 0.5) is 0 Å². The van der Waals surface area contributed by atoms with Crippen molar-refractivity contribution in [3.05, 3.63) is 11.6 Å². The number of rotatable bonds is 0. The van der Waals surface area contributed by atoms with E-state index in [2.05, 4.69) is 6.07 Å². The number of carbonyl (C=O) groups excluding carboxylic acids is 1. The van der Waals surface area contributed by atoms with E-state index in [0.29, 0.717) is 6.42 Å². The van der Waals surface area contributed by atoms with Crippen LogP contribution in [0, 0.1) is 23.2 Å². The molecule has 0 bridgehead atoms. The van der Waals surface area contributed by atoms with Gasteiger partial charge in [-0.3, -0.25) is 4.79 Å². The minimum Gasteiger partial charge on any atom is -0.295 e. The van der Waals surface area contributed by atoms with Crippen molar-refractivity contribution in [1.82, 2.24) is 0 Å². The highest BCUT2D eigenvalue weighted by Gasteiger charge is 2.35. The molecule has 0 amide bonds. The summed E-state index contributed by atoms with van der Waals surface area (Å²) in [5.41, 5.74) is 0.952. The molecular weight excluding hydrogens is 150 g/mol.